The molecule has 10 aliphatic rings. The first-order chi connectivity index (χ1) is 64.2. The average molecular weight is 2040 g/mol. The summed E-state index contributed by atoms with van der Waals surface area (Å²) in [5.41, 5.74) is 7.52. The maximum Gasteiger partial charge on any atom is 1.00 e. The SMILES string of the molecule is CO[C@@H]1OC(CO)[C@@H](O)[C@H](O[C@@H]2OC(C(=O)NNC(=O)NCC3O[C@H](O[C@H]4OC(CNC(=O)NNC(=O)C5O[C@@H](O[C@@H]6C(NC(C)=O)[C@H](OC)OC(CO)[C@H]6O)C(O)[C@@H](O)[C@@H]5O[C@@H]5OC(CO)[C@@H](O)[C@H](O[C@@H]6OC(C(=O)[O-])[C@@H](C)[C@H](O)C6O)C5NC(C)=O)[C@@H](O)[C@H](O)C4O)C(O)[C@@H](O)[C@@H]3O)[C@@H](O[C@@H]3OC(CO)[C@@H](O)[C@H](O[C@@H]4OC([C-]=O)[C@@H](C)[C@H](O)C4O)C3NC(C)=O)[C@H](O)C2O)C1NC(C)=O.[Na+].[Na+].[OH-]. The van der Waals surface area contributed by atoms with Crippen LogP contribution in [0, 0.1) is 11.8 Å². The normalized spacial score (nSPS) is 44.5. The van der Waals surface area contributed by atoms with E-state index in [1.165, 1.54) is 20.1 Å². The van der Waals surface area contributed by atoms with E-state index in [-0.39, 0.29) is 64.6 Å². The summed E-state index contributed by atoms with van der Waals surface area (Å²) in [6.45, 7) is 0.169. The Morgan fingerprint density at radius 1 is 0.302 bits per heavy atom. The third kappa shape index (κ3) is 28.0. The Hall–Kier alpha value is -5.18. The van der Waals surface area contributed by atoms with Gasteiger partial charge in [-0.25, -0.2) is 26.7 Å². The number of hydrazine groups is 2. The topological polar surface area (TPSA) is 964 Å². The second-order valence-corrected chi connectivity index (χ2v) is 33.4. The summed E-state index contributed by atoms with van der Waals surface area (Å²) in [5, 5.41) is 272. The number of carbonyl (C=O) groups excluding carboxylic acids is 10. The van der Waals surface area contributed by atoms with Gasteiger partial charge in [0.2, 0.25) is 23.6 Å². The van der Waals surface area contributed by atoms with Gasteiger partial charge in [-0.1, -0.05) is 13.8 Å². The third-order valence-electron chi connectivity index (χ3n) is 24.0. The molecule has 0 aromatic rings. The Balaban J connectivity index is 0.00000876. The van der Waals surface area contributed by atoms with Gasteiger partial charge in [-0.05, 0) is 12.0 Å². The third-order valence-corrected chi connectivity index (χ3v) is 24.0. The molecule has 10 rings (SSSR count). The number of methoxy groups -OCH3 is 2. The molecule has 10 saturated heterocycles. The van der Waals surface area contributed by atoms with Gasteiger partial charge in [-0.3, -0.25) is 39.6 Å². The summed E-state index contributed by atoms with van der Waals surface area (Å²) in [6, 6.07) is -10.1. The number of carboxylic acids is 1. The van der Waals surface area contributed by atoms with Crippen LogP contribution in [0.1, 0.15) is 41.5 Å². The second-order valence-electron chi connectivity index (χ2n) is 33.4. The van der Waals surface area contributed by atoms with E-state index in [1.54, 1.807) is 0 Å². The van der Waals surface area contributed by atoms with E-state index in [0.29, 0.717) is 0 Å². The number of ether oxygens (including phenoxy) is 19. The van der Waals surface area contributed by atoms with Gasteiger partial charge in [0, 0.05) is 60.9 Å². The molecule has 10 aliphatic heterocycles. The van der Waals surface area contributed by atoms with E-state index in [0.717, 1.165) is 41.9 Å². The van der Waals surface area contributed by atoms with E-state index in [4.69, 9.17) is 90.0 Å². The van der Waals surface area contributed by atoms with Crippen LogP contribution in [0.3, 0.4) is 0 Å². The summed E-state index contributed by atoms with van der Waals surface area (Å²) in [4.78, 5) is 132. The summed E-state index contributed by atoms with van der Waals surface area (Å²) in [7, 11) is 2.17. The van der Waals surface area contributed by atoms with Gasteiger partial charge in [0.15, 0.2) is 75.1 Å². The molecule has 786 valence electrons. The number of hydrogen-bond acceptors (Lipinski definition) is 53. The predicted molar refractivity (Wildman–Crippen MR) is 418 cm³/mol. The molecule has 63 nitrogen and oxygen atoms in total. The number of rotatable bonds is 32. The molecule has 33 N–H and O–H groups in total. The number of carbonyl (C=O) groups is 9. The van der Waals surface area contributed by atoms with Crippen LogP contribution in [0.5, 0.6) is 0 Å². The first-order valence-electron chi connectivity index (χ1n) is 42.4. The molecule has 50 atom stereocenters. The van der Waals surface area contributed by atoms with Gasteiger partial charge in [-0.15, -0.1) is 0 Å². The molecule has 10 fully saturated rings. The molecule has 139 heavy (non-hydrogen) atoms. The summed E-state index contributed by atoms with van der Waals surface area (Å²) in [5.74, 6) is -11.2. The van der Waals surface area contributed by atoms with Crippen molar-refractivity contribution in [2.75, 3.05) is 53.7 Å². The van der Waals surface area contributed by atoms with Gasteiger partial charge in [0.25, 0.3) is 11.8 Å². The van der Waals surface area contributed by atoms with Crippen molar-refractivity contribution in [3.05, 3.63) is 0 Å². The molecule has 0 aromatic carbocycles. The smallest absolute Gasteiger partial charge is 0.870 e. The first-order valence-corrected chi connectivity index (χ1v) is 42.4. The number of urea groups is 2. The summed E-state index contributed by atoms with van der Waals surface area (Å²) in [6.07, 6.45) is -91.4. The molecule has 20 unspecified atom stereocenters. The predicted octanol–water partition coefficient (Wildman–Crippen LogP) is -29.0. The van der Waals surface area contributed by atoms with Crippen LogP contribution in [0.25, 0.3) is 0 Å². The molecule has 10 heterocycles. The standard InChI is InChI=1S/C74H119N10O52.2Na.H2O/c1-16-24(11-85)122-67(45(106)33(16)94)128-54-31(79-20(5)92)65(125-27(14-88)39(54)100)132-56-43(104)49(110)71(129-52-29(77-18(3)90)63(118-7)123-25(12-86)37(52)98)134-58(56)60(112)81-83-73(116)75-9-22-35(96)41(102)47(108)68(120-22)136-69-48(109)42(103)36(97)23(121-69)10-76-74(117)84-82-61(113)59-57(44(105)50(111)72(135-59)130-53-30(78-19(4)91)64(119-8)124-26(13-87)38(53)99)133-66-32(80-21(6)93)55(40(101)28(15-89)126-66)131-70-46(107)34(95)17(2)51(127-70)62(114)115;;;/h16-17,22-59,63-72,86-89,94-111H,9-10,12-15H2,1-8H3,(H,77,90)(H,78,91)(H,79,92)(H,80,93)(H,81,112)(H,82,113)(H,114,115)(H2,75,83,116)(H2,76,84,117);;;1H2/q-1;2*+1;/p-2/t16-,17+,22?,23?,24?,25?,26?,27?,28?,29?,30?,31?,32?,33+,34+,35-,36-,37-,38-,39-,40-,41+,42+,43-,44-,45?,46?,47?,48?,49?,50?,51?,52-,53-,54-,55-,56+,57+,58?,59?,63-,64-,65+,66+,67+,68-,69-,70+,71-,72-;;;/m1.../s1. The number of aliphatic hydroxyl groups excluding tert-OH is 22. The van der Waals surface area contributed by atoms with Crippen molar-refractivity contribution in [3.63, 3.8) is 0 Å². The van der Waals surface area contributed by atoms with Crippen LogP contribution in [0.15, 0.2) is 0 Å². The van der Waals surface area contributed by atoms with Gasteiger partial charge in [0.05, 0.1) is 44.6 Å². The second kappa shape index (κ2) is 53.4. The van der Waals surface area contributed by atoms with Crippen LogP contribution >= 0.6 is 0 Å². The van der Waals surface area contributed by atoms with Crippen molar-refractivity contribution < 1.29 is 320 Å². The number of nitrogens with one attached hydrogen (secondary N) is 10. The Labute approximate surface area is 830 Å². The Morgan fingerprint density at radius 2 is 0.561 bits per heavy atom. The number of aliphatic hydroxyl groups is 22. The van der Waals surface area contributed by atoms with Crippen LogP contribution in [0.4, 0.5) is 9.59 Å². The van der Waals surface area contributed by atoms with Crippen molar-refractivity contribution in [2.24, 2.45) is 11.8 Å². The monoisotopic (exact) mass is 2040 g/mol. The number of carboxylic acid groups (broad SMARTS) is 1. The minimum absolute atomic E-state index is 0. The molecule has 0 bridgehead atoms. The molecule has 0 radical (unpaired) electrons. The minimum atomic E-state index is -2.56. The Bertz CT molecular complexity index is 3960. The summed E-state index contributed by atoms with van der Waals surface area (Å²) < 4.78 is 109. The molecule has 0 saturated carbocycles. The van der Waals surface area contributed by atoms with Gasteiger partial charge in [0.1, 0.15) is 201 Å². The molecular formula is C74H119N10Na2O53-. The van der Waals surface area contributed by atoms with E-state index in [2.05, 4.69) is 31.9 Å². The number of aliphatic carboxylic acids is 1. The van der Waals surface area contributed by atoms with Gasteiger partial charge < -0.3 is 254 Å². The first kappa shape index (κ1) is 121. The van der Waals surface area contributed by atoms with Crippen LogP contribution < -0.4 is 118 Å². The van der Waals surface area contributed by atoms with Crippen molar-refractivity contribution in [1.82, 2.24) is 53.6 Å². The average Bonchev–Trinajstić information content (AvgIpc) is 0.769. The van der Waals surface area contributed by atoms with Crippen LogP contribution in [-0.4, -0.2) is 526 Å². The van der Waals surface area contributed by atoms with Crippen LogP contribution in [0.2, 0.25) is 0 Å². The van der Waals surface area contributed by atoms with Crippen molar-refractivity contribution in [3.8, 4) is 0 Å². The Kier molecular flexibility index (Phi) is 46.4. The van der Waals surface area contributed by atoms with Crippen molar-refractivity contribution in [1.29, 1.82) is 0 Å². The number of amides is 10. The van der Waals surface area contributed by atoms with Crippen molar-refractivity contribution in [2.45, 2.75) is 336 Å². The maximum atomic E-state index is 14.7. The summed E-state index contributed by atoms with van der Waals surface area (Å²) >= 11 is 0. The van der Waals surface area contributed by atoms with Gasteiger partial charge in [-0.2, -0.15) is 0 Å². The minimum Gasteiger partial charge on any atom is -0.870 e. The fourth-order valence-corrected chi connectivity index (χ4v) is 16.7. The molecule has 0 aromatic heterocycles. The zero-order chi connectivity index (χ0) is 101. The van der Waals surface area contributed by atoms with E-state index in [9.17, 15) is 165 Å². The molecule has 65 heteroatoms. The molecule has 0 aliphatic carbocycles. The maximum absolute atomic E-state index is 14.7. The zero-order valence-corrected chi connectivity index (χ0v) is 79.6. The zero-order valence-electron chi connectivity index (χ0n) is 75.6. The van der Waals surface area contributed by atoms with E-state index in [1.807, 2.05) is 21.7 Å². The largest absolute Gasteiger partial charge is 1.00 e. The van der Waals surface area contributed by atoms with E-state index < -0.39 is 399 Å². The van der Waals surface area contributed by atoms with Crippen LogP contribution in [-0.2, 0) is 128 Å². The van der Waals surface area contributed by atoms with Gasteiger partial charge >= 0.3 is 71.2 Å². The van der Waals surface area contributed by atoms with E-state index >= 15 is 0 Å². The fourth-order valence-electron chi connectivity index (χ4n) is 16.7. The van der Waals surface area contributed by atoms with Crippen molar-refractivity contribution >= 4 is 59.8 Å². The molecule has 10 amide bonds. The fraction of sp³-hybridized carbons (Fsp3) is 0.865. The quantitative estimate of drug-likeness (QED) is 0.0169. The molecule has 0 spiro atoms. The Morgan fingerprint density at radius 3 is 0.856 bits per heavy atom. The molecular weight excluding hydrogens is 1920 g/mol. The number of hydrogen-bond donors (Lipinski definition) is 32.